The van der Waals surface area contributed by atoms with Crippen LogP contribution in [0.15, 0.2) is 54.7 Å². The summed E-state index contributed by atoms with van der Waals surface area (Å²) in [6.07, 6.45) is 1.52. The topological polar surface area (TPSA) is 41.1 Å². The molecule has 7 heteroatoms. The van der Waals surface area contributed by atoms with Gasteiger partial charge in [0, 0.05) is 19.3 Å². The van der Waals surface area contributed by atoms with Crippen molar-refractivity contribution in [2.24, 2.45) is 0 Å². The van der Waals surface area contributed by atoms with E-state index in [9.17, 15) is 13.2 Å². The maximum Gasteiger partial charge on any atom is 0.227 e. The summed E-state index contributed by atoms with van der Waals surface area (Å²) in [5.74, 6) is -3.32. The summed E-state index contributed by atoms with van der Waals surface area (Å²) < 4.78 is 40.2. The summed E-state index contributed by atoms with van der Waals surface area (Å²) in [5.41, 5.74) is 0.905. The monoisotopic (exact) mass is 358 g/mol. The Bertz CT molecular complexity index is 887. The Kier molecular flexibility index (Phi) is 5.36. The van der Waals surface area contributed by atoms with Crippen molar-refractivity contribution >= 4 is 17.5 Å². The Morgan fingerprint density at radius 1 is 0.962 bits per heavy atom. The lowest BCUT2D eigenvalue weighted by Gasteiger charge is -2.21. The van der Waals surface area contributed by atoms with E-state index in [1.807, 2.05) is 42.2 Å². The Balaban J connectivity index is 1.82. The molecule has 0 spiro atoms. The van der Waals surface area contributed by atoms with Gasteiger partial charge < -0.3 is 10.2 Å². The molecule has 0 aliphatic carbocycles. The first-order valence-electron chi connectivity index (χ1n) is 8.11. The third kappa shape index (κ3) is 3.93. The molecule has 0 atom stereocenters. The molecule has 1 aromatic heterocycles. The first-order valence-corrected chi connectivity index (χ1v) is 8.11. The number of rotatable bonds is 6. The predicted molar refractivity (Wildman–Crippen MR) is 94.8 cm³/mol. The average Bonchev–Trinajstić information content (AvgIpc) is 2.67. The Morgan fingerprint density at radius 2 is 1.73 bits per heavy atom. The largest absolute Gasteiger partial charge is 0.338 e. The van der Waals surface area contributed by atoms with Crippen LogP contribution in [0.25, 0.3) is 0 Å². The van der Waals surface area contributed by atoms with E-state index in [0.717, 1.165) is 17.7 Å². The fourth-order valence-electron chi connectivity index (χ4n) is 2.46. The summed E-state index contributed by atoms with van der Waals surface area (Å²) in [6.45, 7) is 3.25. The van der Waals surface area contributed by atoms with Crippen molar-refractivity contribution in [3.63, 3.8) is 0 Å². The zero-order valence-electron chi connectivity index (χ0n) is 14.1. The van der Waals surface area contributed by atoms with Crippen molar-refractivity contribution in [3.8, 4) is 0 Å². The third-order valence-corrected chi connectivity index (χ3v) is 3.82. The van der Waals surface area contributed by atoms with Gasteiger partial charge in [-0.25, -0.2) is 18.2 Å². The maximum atomic E-state index is 13.8. The number of hydrogen-bond donors (Lipinski definition) is 1. The Morgan fingerprint density at radius 3 is 2.46 bits per heavy atom. The van der Waals surface area contributed by atoms with E-state index in [0.29, 0.717) is 19.0 Å². The molecule has 1 N–H and O–H groups in total. The first-order chi connectivity index (χ1) is 12.6. The van der Waals surface area contributed by atoms with Crippen LogP contribution in [-0.2, 0) is 6.54 Å². The predicted octanol–water partition coefficient (Wildman–Crippen LogP) is 4.66. The van der Waals surface area contributed by atoms with Crippen molar-refractivity contribution in [2.75, 3.05) is 16.8 Å². The SMILES string of the molecule is CCN(Cc1ccccc1)c1nccc(Nc2ccc(F)c(F)c2F)n1. The first kappa shape index (κ1) is 17.7. The second-order valence-corrected chi connectivity index (χ2v) is 5.59. The van der Waals surface area contributed by atoms with Crippen LogP contribution in [-0.4, -0.2) is 16.5 Å². The van der Waals surface area contributed by atoms with Crippen molar-refractivity contribution in [2.45, 2.75) is 13.5 Å². The molecule has 0 saturated carbocycles. The lowest BCUT2D eigenvalue weighted by molar-refractivity contribution is 0.449. The van der Waals surface area contributed by atoms with Crippen LogP contribution in [0, 0.1) is 17.5 Å². The van der Waals surface area contributed by atoms with Crippen LogP contribution in [0.4, 0.5) is 30.6 Å². The van der Waals surface area contributed by atoms with Crippen LogP contribution < -0.4 is 10.2 Å². The normalized spacial score (nSPS) is 10.6. The van der Waals surface area contributed by atoms with Crippen LogP contribution in [0.1, 0.15) is 12.5 Å². The highest BCUT2D eigenvalue weighted by molar-refractivity contribution is 5.58. The standard InChI is InChI=1S/C19H17F3N4/c1-2-26(12-13-6-4-3-5-7-13)19-23-11-10-16(25-19)24-15-9-8-14(20)17(21)18(15)22/h3-11H,2,12H2,1H3,(H,23,24,25). The highest BCUT2D eigenvalue weighted by Gasteiger charge is 2.15. The lowest BCUT2D eigenvalue weighted by Crippen LogP contribution is -2.24. The molecule has 0 bridgehead atoms. The molecule has 134 valence electrons. The summed E-state index contributed by atoms with van der Waals surface area (Å²) in [4.78, 5) is 10.5. The number of nitrogens with zero attached hydrogens (tertiary/aromatic N) is 3. The van der Waals surface area contributed by atoms with Crippen LogP contribution >= 0.6 is 0 Å². The highest BCUT2D eigenvalue weighted by Crippen LogP contribution is 2.23. The zero-order valence-corrected chi connectivity index (χ0v) is 14.1. The van der Waals surface area contributed by atoms with Gasteiger partial charge in [-0.2, -0.15) is 4.98 Å². The van der Waals surface area contributed by atoms with Gasteiger partial charge in [0.1, 0.15) is 5.82 Å². The van der Waals surface area contributed by atoms with Gasteiger partial charge in [-0.1, -0.05) is 30.3 Å². The number of benzene rings is 2. The zero-order chi connectivity index (χ0) is 18.5. The van der Waals surface area contributed by atoms with E-state index in [1.165, 1.54) is 12.3 Å². The highest BCUT2D eigenvalue weighted by atomic mass is 19.2. The van der Waals surface area contributed by atoms with E-state index in [4.69, 9.17) is 0 Å². The fraction of sp³-hybridized carbons (Fsp3) is 0.158. The molecule has 2 aromatic carbocycles. The molecule has 26 heavy (non-hydrogen) atoms. The molecule has 0 saturated heterocycles. The Labute approximate surface area is 149 Å². The minimum Gasteiger partial charge on any atom is -0.338 e. The van der Waals surface area contributed by atoms with Gasteiger partial charge in [-0.05, 0) is 30.7 Å². The molecule has 0 unspecified atom stereocenters. The molecule has 3 aromatic rings. The van der Waals surface area contributed by atoms with Crippen molar-refractivity contribution < 1.29 is 13.2 Å². The van der Waals surface area contributed by atoms with E-state index in [1.54, 1.807) is 0 Å². The van der Waals surface area contributed by atoms with Crippen molar-refractivity contribution in [1.29, 1.82) is 0 Å². The number of halogens is 3. The summed E-state index contributed by atoms with van der Waals surface area (Å²) >= 11 is 0. The van der Waals surface area contributed by atoms with Crippen LogP contribution in [0.5, 0.6) is 0 Å². The van der Waals surface area contributed by atoms with Gasteiger partial charge in [0.05, 0.1) is 5.69 Å². The molecule has 0 aliphatic heterocycles. The van der Waals surface area contributed by atoms with Gasteiger partial charge in [-0.15, -0.1) is 0 Å². The number of aromatic nitrogens is 2. The molecule has 4 nitrogen and oxygen atoms in total. The Hall–Kier alpha value is -3.09. The van der Waals surface area contributed by atoms with Gasteiger partial charge in [-0.3, -0.25) is 0 Å². The minimum atomic E-state index is -1.52. The van der Waals surface area contributed by atoms with Gasteiger partial charge in [0.15, 0.2) is 17.5 Å². The number of anilines is 3. The van der Waals surface area contributed by atoms with E-state index in [-0.39, 0.29) is 11.5 Å². The minimum absolute atomic E-state index is 0.195. The molecule has 0 radical (unpaired) electrons. The maximum absolute atomic E-state index is 13.8. The average molecular weight is 358 g/mol. The quantitative estimate of drug-likeness (QED) is 0.651. The van der Waals surface area contributed by atoms with E-state index in [2.05, 4.69) is 15.3 Å². The van der Waals surface area contributed by atoms with Gasteiger partial charge in [0.2, 0.25) is 5.95 Å². The molecular formula is C19H17F3N4. The fourth-order valence-corrected chi connectivity index (χ4v) is 2.46. The molecule has 1 heterocycles. The van der Waals surface area contributed by atoms with Crippen LogP contribution in [0.2, 0.25) is 0 Å². The second-order valence-electron chi connectivity index (χ2n) is 5.59. The molecule has 3 rings (SSSR count). The smallest absolute Gasteiger partial charge is 0.227 e. The second kappa shape index (κ2) is 7.86. The molecular weight excluding hydrogens is 341 g/mol. The molecule has 0 amide bonds. The van der Waals surface area contributed by atoms with E-state index >= 15 is 0 Å². The number of nitrogens with one attached hydrogen (secondary N) is 1. The lowest BCUT2D eigenvalue weighted by atomic mass is 10.2. The third-order valence-electron chi connectivity index (χ3n) is 3.82. The summed E-state index contributed by atoms with van der Waals surface area (Å²) in [6, 6.07) is 13.4. The number of hydrogen-bond acceptors (Lipinski definition) is 4. The summed E-state index contributed by atoms with van der Waals surface area (Å²) in [5, 5.41) is 2.66. The summed E-state index contributed by atoms with van der Waals surface area (Å²) in [7, 11) is 0. The van der Waals surface area contributed by atoms with E-state index < -0.39 is 17.5 Å². The van der Waals surface area contributed by atoms with Crippen molar-refractivity contribution in [1.82, 2.24) is 9.97 Å². The van der Waals surface area contributed by atoms with Gasteiger partial charge >= 0.3 is 0 Å². The van der Waals surface area contributed by atoms with Crippen molar-refractivity contribution in [3.05, 3.63) is 77.7 Å². The molecule has 0 fully saturated rings. The van der Waals surface area contributed by atoms with Gasteiger partial charge in [0.25, 0.3) is 0 Å². The molecule has 0 aliphatic rings. The van der Waals surface area contributed by atoms with Crippen LogP contribution in [0.3, 0.4) is 0 Å².